The Labute approximate surface area is 168 Å². The number of nitrogens with zero attached hydrogens (tertiary/aromatic N) is 3. The molecule has 1 aromatic heterocycles. The van der Waals surface area contributed by atoms with Gasteiger partial charge >= 0.3 is 0 Å². The molecule has 0 saturated heterocycles. The highest BCUT2D eigenvalue weighted by molar-refractivity contribution is 5.43. The van der Waals surface area contributed by atoms with Gasteiger partial charge in [-0.2, -0.15) is 15.0 Å². The van der Waals surface area contributed by atoms with E-state index >= 15 is 0 Å². The summed E-state index contributed by atoms with van der Waals surface area (Å²) in [4.78, 5) is 13.6. The standard InChI is InChI=1S/C19H37N7O2/c1-3-15(4-2)22-18-24-17(21-10-12-28-14-13-27-11-9-20)25-19(26-18)23-16-7-5-6-8-16/h15-16H,3-14,20H2,1-2H3,(H3,21,22,23,24,25,26). The summed E-state index contributed by atoms with van der Waals surface area (Å²) in [5, 5.41) is 10.1. The van der Waals surface area contributed by atoms with Crippen molar-refractivity contribution < 1.29 is 9.47 Å². The summed E-state index contributed by atoms with van der Waals surface area (Å²) in [6.07, 6.45) is 6.92. The summed E-state index contributed by atoms with van der Waals surface area (Å²) in [6.45, 7) is 7.70. The van der Waals surface area contributed by atoms with E-state index in [9.17, 15) is 0 Å². The van der Waals surface area contributed by atoms with Crippen LogP contribution in [0.2, 0.25) is 0 Å². The minimum absolute atomic E-state index is 0.353. The van der Waals surface area contributed by atoms with E-state index in [0.717, 1.165) is 12.8 Å². The van der Waals surface area contributed by atoms with Crippen LogP contribution in [-0.4, -0.2) is 66.6 Å². The van der Waals surface area contributed by atoms with E-state index in [4.69, 9.17) is 15.2 Å². The number of aromatic nitrogens is 3. The van der Waals surface area contributed by atoms with E-state index in [1.807, 2.05) is 0 Å². The highest BCUT2D eigenvalue weighted by Crippen LogP contribution is 2.21. The van der Waals surface area contributed by atoms with E-state index in [2.05, 4.69) is 44.7 Å². The Kier molecular flexibility index (Phi) is 10.9. The van der Waals surface area contributed by atoms with Gasteiger partial charge in [0.2, 0.25) is 17.8 Å². The summed E-state index contributed by atoms with van der Waals surface area (Å²) < 4.78 is 10.8. The maximum atomic E-state index is 5.54. The minimum atomic E-state index is 0.353. The zero-order valence-electron chi connectivity index (χ0n) is 17.4. The van der Waals surface area contributed by atoms with Crippen LogP contribution in [0.4, 0.5) is 17.8 Å². The first-order chi connectivity index (χ1) is 13.7. The number of ether oxygens (including phenoxy) is 2. The average molecular weight is 396 g/mol. The molecular formula is C19H37N7O2. The van der Waals surface area contributed by atoms with Crippen LogP contribution in [0, 0.1) is 0 Å². The Bertz CT molecular complexity index is 515. The van der Waals surface area contributed by atoms with Crippen molar-refractivity contribution in [1.82, 2.24) is 15.0 Å². The first-order valence-electron chi connectivity index (χ1n) is 10.6. The molecule has 0 amide bonds. The van der Waals surface area contributed by atoms with Crippen LogP contribution < -0.4 is 21.7 Å². The molecule has 160 valence electrons. The van der Waals surface area contributed by atoms with Crippen LogP contribution in [-0.2, 0) is 9.47 Å². The van der Waals surface area contributed by atoms with Gasteiger partial charge in [-0.25, -0.2) is 0 Å². The maximum Gasteiger partial charge on any atom is 0.229 e. The summed E-state index contributed by atoms with van der Waals surface area (Å²) in [5.41, 5.74) is 5.37. The third kappa shape index (κ3) is 8.53. The highest BCUT2D eigenvalue weighted by Gasteiger charge is 2.17. The van der Waals surface area contributed by atoms with Crippen molar-refractivity contribution in [2.75, 3.05) is 55.5 Å². The SMILES string of the molecule is CCC(CC)Nc1nc(NCCOCCOCCN)nc(NC2CCCC2)n1. The van der Waals surface area contributed by atoms with E-state index < -0.39 is 0 Å². The van der Waals surface area contributed by atoms with Gasteiger partial charge in [-0.05, 0) is 25.7 Å². The van der Waals surface area contributed by atoms with Gasteiger partial charge < -0.3 is 31.2 Å². The molecule has 28 heavy (non-hydrogen) atoms. The molecule has 0 aliphatic heterocycles. The predicted octanol–water partition coefficient (Wildman–Crippen LogP) is 2.23. The fraction of sp³-hybridized carbons (Fsp3) is 0.842. The van der Waals surface area contributed by atoms with E-state index in [1.165, 1.54) is 25.7 Å². The van der Waals surface area contributed by atoms with Crippen LogP contribution in [0.25, 0.3) is 0 Å². The number of hydrogen-bond donors (Lipinski definition) is 4. The minimum Gasteiger partial charge on any atom is -0.378 e. The monoisotopic (exact) mass is 395 g/mol. The molecule has 1 aliphatic rings. The van der Waals surface area contributed by atoms with Crippen molar-refractivity contribution in [3.05, 3.63) is 0 Å². The Balaban J connectivity index is 1.87. The molecule has 1 heterocycles. The number of hydrogen-bond acceptors (Lipinski definition) is 9. The predicted molar refractivity (Wildman–Crippen MR) is 113 cm³/mol. The molecule has 0 bridgehead atoms. The van der Waals surface area contributed by atoms with Gasteiger partial charge in [-0.15, -0.1) is 0 Å². The van der Waals surface area contributed by atoms with Crippen LogP contribution in [0.5, 0.6) is 0 Å². The number of anilines is 3. The molecule has 1 aromatic rings. The van der Waals surface area contributed by atoms with Gasteiger partial charge in [0.05, 0.1) is 26.4 Å². The third-order valence-corrected chi connectivity index (χ3v) is 4.81. The smallest absolute Gasteiger partial charge is 0.229 e. The zero-order chi connectivity index (χ0) is 20.0. The molecule has 0 radical (unpaired) electrons. The van der Waals surface area contributed by atoms with E-state index in [-0.39, 0.29) is 0 Å². The van der Waals surface area contributed by atoms with Gasteiger partial charge in [0.1, 0.15) is 0 Å². The first kappa shape index (κ1) is 22.6. The lowest BCUT2D eigenvalue weighted by molar-refractivity contribution is 0.0547. The second-order valence-corrected chi connectivity index (χ2v) is 7.03. The summed E-state index contributed by atoms with van der Waals surface area (Å²) in [7, 11) is 0. The van der Waals surface area contributed by atoms with Crippen molar-refractivity contribution in [2.24, 2.45) is 5.73 Å². The molecule has 0 unspecified atom stereocenters. The van der Waals surface area contributed by atoms with Gasteiger partial charge in [0.15, 0.2) is 0 Å². The molecule has 1 fully saturated rings. The zero-order valence-corrected chi connectivity index (χ0v) is 17.4. The molecule has 1 saturated carbocycles. The Hall–Kier alpha value is -1.71. The van der Waals surface area contributed by atoms with Crippen molar-refractivity contribution in [1.29, 1.82) is 0 Å². The van der Waals surface area contributed by atoms with Crippen molar-refractivity contribution >= 4 is 17.8 Å². The molecule has 2 rings (SSSR count). The largest absolute Gasteiger partial charge is 0.378 e. The van der Waals surface area contributed by atoms with Crippen LogP contribution in [0.1, 0.15) is 52.4 Å². The number of nitrogens with one attached hydrogen (secondary N) is 3. The lowest BCUT2D eigenvalue weighted by Crippen LogP contribution is -2.23. The molecule has 5 N–H and O–H groups in total. The average Bonchev–Trinajstić information content (AvgIpc) is 3.21. The molecule has 0 aromatic carbocycles. The van der Waals surface area contributed by atoms with Gasteiger partial charge in [-0.1, -0.05) is 26.7 Å². The fourth-order valence-corrected chi connectivity index (χ4v) is 3.15. The summed E-state index contributed by atoms with van der Waals surface area (Å²) in [6, 6.07) is 0.805. The molecule has 1 aliphatic carbocycles. The van der Waals surface area contributed by atoms with Crippen molar-refractivity contribution in [3.8, 4) is 0 Å². The molecule has 0 spiro atoms. The van der Waals surface area contributed by atoms with E-state index in [0.29, 0.717) is 69.4 Å². The number of nitrogens with two attached hydrogens (primary N) is 1. The Morgan fingerprint density at radius 3 is 2.25 bits per heavy atom. The Morgan fingerprint density at radius 2 is 1.57 bits per heavy atom. The molecule has 9 nitrogen and oxygen atoms in total. The highest BCUT2D eigenvalue weighted by atomic mass is 16.5. The lowest BCUT2D eigenvalue weighted by Gasteiger charge is -2.17. The lowest BCUT2D eigenvalue weighted by atomic mass is 10.2. The third-order valence-electron chi connectivity index (χ3n) is 4.81. The Morgan fingerprint density at radius 1 is 0.929 bits per heavy atom. The van der Waals surface area contributed by atoms with Crippen LogP contribution in [0.15, 0.2) is 0 Å². The first-order valence-corrected chi connectivity index (χ1v) is 10.6. The van der Waals surface area contributed by atoms with Gasteiger partial charge in [-0.3, -0.25) is 0 Å². The second-order valence-electron chi connectivity index (χ2n) is 7.03. The molecular weight excluding hydrogens is 358 g/mol. The van der Waals surface area contributed by atoms with Crippen LogP contribution in [0.3, 0.4) is 0 Å². The topological polar surface area (TPSA) is 119 Å². The second kappa shape index (κ2) is 13.5. The van der Waals surface area contributed by atoms with E-state index in [1.54, 1.807) is 0 Å². The van der Waals surface area contributed by atoms with Gasteiger partial charge in [0.25, 0.3) is 0 Å². The summed E-state index contributed by atoms with van der Waals surface area (Å²) >= 11 is 0. The van der Waals surface area contributed by atoms with Gasteiger partial charge in [0, 0.05) is 25.2 Å². The quantitative estimate of drug-likeness (QED) is 0.331. The fourth-order valence-electron chi connectivity index (χ4n) is 3.15. The normalized spacial score (nSPS) is 14.6. The number of rotatable bonds is 15. The van der Waals surface area contributed by atoms with Crippen molar-refractivity contribution in [2.45, 2.75) is 64.5 Å². The summed E-state index contributed by atoms with van der Waals surface area (Å²) in [5.74, 6) is 1.81. The maximum absolute atomic E-state index is 5.54. The van der Waals surface area contributed by atoms with Crippen molar-refractivity contribution in [3.63, 3.8) is 0 Å². The molecule has 9 heteroatoms. The molecule has 0 atom stereocenters. The van der Waals surface area contributed by atoms with Crippen LogP contribution >= 0.6 is 0 Å².